The predicted octanol–water partition coefficient (Wildman–Crippen LogP) is 4.52. The molecular formula is C22H25N3O. The van der Waals surface area contributed by atoms with E-state index in [1.165, 1.54) is 0 Å². The van der Waals surface area contributed by atoms with Crippen molar-refractivity contribution in [2.24, 2.45) is 4.99 Å². The second-order valence-corrected chi connectivity index (χ2v) is 6.48. The van der Waals surface area contributed by atoms with E-state index >= 15 is 0 Å². The van der Waals surface area contributed by atoms with Crippen molar-refractivity contribution in [1.29, 1.82) is 0 Å². The maximum absolute atomic E-state index is 13.0. The Morgan fingerprint density at radius 2 is 1.77 bits per heavy atom. The molecule has 26 heavy (non-hydrogen) atoms. The Morgan fingerprint density at radius 3 is 2.46 bits per heavy atom. The monoisotopic (exact) mass is 347 g/mol. The van der Waals surface area contributed by atoms with Crippen LogP contribution in [0.25, 0.3) is 6.08 Å². The maximum Gasteiger partial charge on any atom is 0.281 e. The number of benzene rings is 2. The lowest BCUT2D eigenvalue weighted by molar-refractivity contribution is -0.113. The lowest BCUT2D eigenvalue weighted by Gasteiger charge is -2.15. The molecule has 1 saturated heterocycles. The molecule has 0 aromatic heterocycles. The lowest BCUT2D eigenvalue weighted by Crippen LogP contribution is -2.32. The molecule has 0 bridgehead atoms. The highest BCUT2D eigenvalue weighted by Crippen LogP contribution is 2.23. The van der Waals surface area contributed by atoms with Gasteiger partial charge in [0.15, 0.2) is 0 Å². The molecule has 134 valence electrons. The summed E-state index contributed by atoms with van der Waals surface area (Å²) in [7, 11) is 0. The molecule has 1 aliphatic rings. The van der Waals surface area contributed by atoms with Gasteiger partial charge in [0.2, 0.25) is 5.96 Å². The number of hydrogen-bond donors (Lipinski definition) is 1. The van der Waals surface area contributed by atoms with Crippen LogP contribution in [-0.2, 0) is 4.79 Å². The number of guanidine groups is 1. The van der Waals surface area contributed by atoms with Gasteiger partial charge in [-0.3, -0.25) is 9.79 Å². The van der Waals surface area contributed by atoms with Crippen LogP contribution in [0.1, 0.15) is 37.3 Å². The van der Waals surface area contributed by atoms with Gasteiger partial charge in [-0.1, -0.05) is 67.8 Å². The number of carbonyl (C=O) groups is 1. The molecule has 1 amide bonds. The molecule has 4 heteroatoms. The number of carbonyl (C=O) groups excluding carboxylic acids is 1. The van der Waals surface area contributed by atoms with Crippen LogP contribution in [0.5, 0.6) is 0 Å². The molecule has 0 spiro atoms. The molecule has 0 aliphatic carbocycles. The van der Waals surface area contributed by atoms with E-state index in [9.17, 15) is 4.79 Å². The fraction of sp³-hybridized carbons (Fsp3) is 0.273. The minimum absolute atomic E-state index is 0.0769. The second-order valence-electron chi connectivity index (χ2n) is 6.48. The normalized spacial score (nSPS) is 17.2. The minimum Gasteiger partial charge on any atom is -0.321 e. The van der Waals surface area contributed by atoms with Gasteiger partial charge in [0.1, 0.15) is 5.70 Å². The summed E-state index contributed by atoms with van der Waals surface area (Å²) in [5.41, 5.74) is 3.53. The smallest absolute Gasteiger partial charge is 0.281 e. The van der Waals surface area contributed by atoms with Crippen molar-refractivity contribution in [3.63, 3.8) is 0 Å². The summed E-state index contributed by atoms with van der Waals surface area (Å²) in [6.45, 7) is 4.92. The highest BCUT2D eigenvalue weighted by Gasteiger charge is 2.33. The first kappa shape index (κ1) is 17.9. The van der Waals surface area contributed by atoms with Crippen LogP contribution >= 0.6 is 0 Å². The Kier molecular flexibility index (Phi) is 5.84. The van der Waals surface area contributed by atoms with E-state index in [0.29, 0.717) is 18.2 Å². The van der Waals surface area contributed by atoms with Gasteiger partial charge in [-0.2, -0.15) is 0 Å². The van der Waals surface area contributed by atoms with E-state index in [1.54, 1.807) is 4.90 Å². The van der Waals surface area contributed by atoms with Gasteiger partial charge in [0.05, 0.1) is 5.69 Å². The van der Waals surface area contributed by atoms with Crippen LogP contribution in [0.3, 0.4) is 0 Å². The quantitative estimate of drug-likeness (QED) is 0.617. The number of unbranched alkanes of at least 4 members (excludes halogenated alkanes) is 2. The zero-order valence-corrected chi connectivity index (χ0v) is 15.4. The van der Waals surface area contributed by atoms with Gasteiger partial charge in [0, 0.05) is 6.54 Å². The van der Waals surface area contributed by atoms with Gasteiger partial charge in [-0.15, -0.1) is 0 Å². The number of amides is 1. The Labute approximate surface area is 155 Å². The molecule has 0 unspecified atom stereocenters. The van der Waals surface area contributed by atoms with Crippen LogP contribution in [0.15, 0.2) is 65.3 Å². The molecule has 2 aromatic carbocycles. The number of anilines is 1. The molecule has 3 rings (SSSR count). The van der Waals surface area contributed by atoms with Crippen LogP contribution in [0.2, 0.25) is 0 Å². The number of aryl methyl sites for hydroxylation is 1. The topological polar surface area (TPSA) is 44.7 Å². The summed E-state index contributed by atoms with van der Waals surface area (Å²) < 4.78 is 0. The fourth-order valence-electron chi connectivity index (χ4n) is 2.85. The van der Waals surface area contributed by atoms with Crippen molar-refractivity contribution in [2.75, 3.05) is 11.4 Å². The van der Waals surface area contributed by atoms with E-state index < -0.39 is 0 Å². The average Bonchev–Trinajstić information content (AvgIpc) is 2.96. The number of hydrogen-bond acceptors (Lipinski definition) is 2. The summed E-state index contributed by atoms with van der Waals surface area (Å²) in [6, 6.07) is 17.8. The highest BCUT2D eigenvalue weighted by atomic mass is 16.2. The van der Waals surface area contributed by atoms with E-state index in [4.69, 9.17) is 0 Å². The molecule has 1 N–H and O–H groups in total. The van der Waals surface area contributed by atoms with Crippen molar-refractivity contribution in [1.82, 2.24) is 5.32 Å². The number of aliphatic imine (C=N–C) groups is 1. The number of nitrogens with one attached hydrogen (secondary N) is 1. The molecule has 1 aliphatic heterocycles. The summed E-state index contributed by atoms with van der Waals surface area (Å²) >= 11 is 0. The average molecular weight is 347 g/mol. The molecule has 0 radical (unpaired) electrons. The first-order valence-electron chi connectivity index (χ1n) is 9.18. The molecule has 1 fully saturated rings. The van der Waals surface area contributed by atoms with E-state index in [1.807, 2.05) is 67.6 Å². The van der Waals surface area contributed by atoms with Crippen LogP contribution in [0.4, 0.5) is 5.69 Å². The lowest BCUT2D eigenvalue weighted by atomic mass is 10.2. The van der Waals surface area contributed by atoms with Crippen molar-refractivity contribution >= 4 is 23.6 Å². The molecule has 2 aromatic rings. The summed E-state index contributed by atoms with van der Waals surface area (Å²) in [5, 5.41) is 3.22. The van der Waals surface area contributed by atoms with Crippen molar-refractivity contribution < 1.29 is 4.79 Å². The maximum atomic E-state index is 13.0. The van der Waals surface area contributed by atoms with Crippen LogP contribution in [0, 0.1) is 6.92 Å². The molecule has 4 nitrogen and oxygen atoms in total. The zero-order valence-electron chi connectivity index (χ0n) is 15.4. The van der Waals surface area contributed by atoms with E-state index in [2.05, 4.69) is 17.2 Å². The third kappa shape index (κ3) is 4.20. The predicted molar refractivity (Wildman–Crippen MR) is 108 cm³/mol. The standard InChI is InChI=1S/C22H25N3O/c1-3-4-8-15-23-22-24-20(16-18-9-6-5-7-10-18)21(26)25(22)19-13-11-17(2)12-14-19/h5-7,9-14,16H,3-4,8,15H2,1-2H3,(H,23,24). The van der Waals surface area contributed by atoms with Gasteiger partial charge >= 0.3 is 0 Å². The summed E-state index contributed by atoms with van der Waals surface area (Å²) in [5.74, 6) is 0.532. The second kappa shape index (κ2) is 8.48. The molecule has 1 heterocycles. The van der Waals surface area contributed by atoms with Crippen molar-refractivity contribution in [3.05, 3.63) is 71.4 Å². The number of rotatable bonds is 6. The SMILES string of the molecule is CCCCCN=C1NC(=Cc2ccccc2)C(=O)N1c1ccc(C)cc1. The Morgan fingerprint density at radius 1 is 1.04 bits per heavy atom. The first-order chi connectivity index (χ1) is 12.7. The van der Waals surface area contributed by atoms with Gasteiger partial charge in [-0.25, -0.2) is 4.90 Å². The van der Waals surface area contributed by atoms with Crippen LogP contribution in [-0.4, -0.2) is 18.4 Å². The molecule has 0 saturated carbocycles. The van der Waals surface area contributed by atoms with Gasteiger partial charge in [0.25, 0.3) is 5.91 Å². The fourth-order valence-corrected chi connectivity index (χ4v) is 2.85. The minimum atomic E-state index is -0.0769. The molecular weight excluding hydrogens is 322 g/mol. The first-order valence-corrected chi connectivity index (χ1v) is 9.18. The largest absolute Gasteiger partial charge is 0.321 e. The molecule has 0 atom stereocenters. The summed E-state index contributed by atoms with van der Waals surface area (Å²) in [4.78, 5) is 19.3. The van der Waals surface area contributed by atoms with Gasteiger partial charge in [-0.05, 0) is 37.1 Å². The van der Waals surface area contributed by atoms with E-state index in [0.717, 1.165) is 36.1 Å². The van der Waals surface area contributed by atoms with E-state index in [-0.39, 0.29) is 5.91 Å². The highest BCUT2D eigenvalue weighted by molar-refractivity contribution is 6.29. The van der Waals surface area contributed by atoms with Crippen molar-refractivity contribution in [3.8, 4) is 0 Å². The Balaban J connectivity index is 1.91. The van der Waals surface area contributed by atoms with Gasteiger partial charge < -0.3 is 5.32 Å². The van der Waals surface area contributed by atoms with Crippen molar-refractivity contribution in [2.45, 2.75) is 33.1 Å². The zero-order chi connectivity index (χ0) is 18.4. The Bertz CT molecular complexity index is 807. The van der Waals surface area contributed by atoms with Crippen LogP contribution < -0.4 is 10.2 Å². The Hall–Kier alpha value is -2.88. The summed E-state index contributed by atoms with van der Waals surface area (Å²) in [6.07, 6.45) is 5.19. The number of nitrogens with zero attached hydrogens (tertiary/aromatic N) is 2. The third-order valence-electron chi connectivity index (χ3n) is 4.32. The third-order valence-corrected chi connectivity index (χ3v) is 4.32.